The molecule has 1 N–H and O–H groups in total. The van der Waals surface area contributed by atoms with E-state index in [0.29, 0.717) is 25.7 Å². The van der Waals surface area contributed by atoms with Crippen molar-refractivity contribution in [2.45, 2.75) is 44.9 Å². The first-order chi connectivity index (χ1) is 8.66. The maximum absolute atomic E-state index is 11.1. The van der Waals surface area contributed by atoms with Crippen LogP contribution in [0.25, 0.3) is 0 Å². The molecule has 98 valence electrons. The number of carbonyl (C=O) groups excluding carboxylic acids is 1. The van der Waals surface area contributed by atoms with Crippen LogP contribution < -0.4 is 0 Å². The summed E-state index contributed by atoms with van der Waals surface area (Å²) in [5.74, 6) is 4.28. The van der Waals surface area contributed by atoms with E-state index in [1.165, 1.54) is 0 Å². The third-order valence-electron chi connectivity index (χ3n) is 2.04. The summed E-state index contributed by atoms with van der Waals surface area (Å²) < 4.78 is 4.83. The lowest BCUT2D eigenvalue weighted by molar-refractivity contribution is -0.143. The molecule has 0 heterocycles. The molecule has 0 aromatic heterocycles. The van der Waals surface area contributed by atoms with Crippen LogP contribution in [0.4, 0.5) is 0 Å². The molecule has 0 aliphatic rings. The van der Waals surface area contributed by atoms with Crippen LogP contribution in [0.1, 0.15) is 44.9 Å². The van der Waals surface area contributed by atoms with Crippen molar-refractivity contribution in [2.24, 2.45) is 0 Å². The molecule has 0 unspecified atom stereocenters. The second kappa shape index (κ2) is 11.5. The Kier molecular flexibility index (Phi) is 10.2. The normalized spacial score (nSPS) is 8.83. The Morgan fingerprint density at radius 2 is 1.78 bits per heavy atom. The monoisotopic (exact) mass is 251 g/mol. The molecule has 0 spiro atoms. The Labute approximate surface area is 107 Å². The fourth-order valence-electron chi connectivity index (χ4n) is 1.13. The predicted octanol–water partition coefficient (Wildman–Crippen LogP) is 1.87. The summed E-state index contributed by atoms with van der Waals surface area (Å²) >= 11 is 0. The van der Waals surface area contributed by atoms with Crippen LogP contribution in [0.3, 0.4) is 0 Å². The van der Waals surface area contributed by atoms with E-state index >= 15 is 0 Å². The summed E-state index contributed by atoms with van der Waals surface area (Å²) in [5.41, 5.74) is 0. The van der Waals surface area contributed by atoms with Crippen LogP contribution in [0, 0.1) is 23.2 Å². The number of carboxylic acid groups (broad SMARTS) is 1. The molecule has 0 saturated carbocycles. The van der Waals surface area contributed by atoms with Gasteiger partial charge in [0.2, 0.25) is 0 Å². The van der Waals surface area contributed by atoms with Crippen molar-refractivity contribution in [1.82, 2.24) is 0 Å². The third-order valence-corrected chi connectivity index (χ3v) is 2.04. The third kappa shape index (κ3) is 12.1. The van der Waals surface area contributed by atoms with Crippen LogP contribution >= 0.6 is 0 Å². The van der Waals surface area contributed by atoms with Crippen molar-refractivity contribution < 1.29 is 19.4 Å². The Bertz CT molecular complexity index is 359. The average Bonchev–Trinajstić information content (AvgIpc) is 2.33. The number of ether oxygens (including phenoxy) is 1. The maximum atomic E-state index is 11.1. The maximum Gasteiger partial charge on any atom is 0.306 e. The topological polar surface area (TPSA) is 87.4 Å². The number of carboxylic acids is 1. The molecule has 0 aliphatic carbocycles. The van der Waals surface area contributed by atoms with Crippen molar-refractivity contribution in [2.75, 3.05) is 6.61 Å². The largest absolute Gasteiger partial charge is 0.481 e. The number of hydrogen-bond donors (Lipinski definition) is 1. The van der Waals surface area contributed by atoms with Gasteiger partial charge in [0.1, 0.15) is 0 Å². The lowest BCUT2D eigenvalue weighted by Crippen LogP contribution is -2.05. The van der Waals surface area contributed by atoms with Crippen molar-refractivity contribution in [3.63, 3.8) is 0 Å². The van der Waals surface area contributed by atoms with Crippen LogP contribution in [-0.4, -0.2) is 23.7 Å². The smallest absolute Gasteiger partial charge is 0.306 e. The van der Waals surface area contributed by atoms with Crippen molar-refractivity contribution in [3.8, 4) is 17.9 Å². The molecular weight excluding hydrogens is 234 g/mol. The predicted molar refractivity (Wildman–Crippen MR) is 64.3 cm³/mol. The molecule has 0 aliphatic heterocycles. The summed E-state index contributed by atoms with van der Waals surface area (Å²) in [5, 5.41) is 16.7. The minimum Gasteiger partial charge on any atom is -0.481 e. The quantitative estimate of drug-likeness (QED) is 0.404. The molecule has 5 heteroatoms. The number of esters is 1. The van der Waals surface area contributed by atoms with Gasteiger partial charge in [0.25, 0.3) is 0 Å². The zero-order valence-corrected chi connectivity index (χ0v) is 10.3. The first-order valence-electron chi connectivity index (χ1n) is 5.87. The lowest BCUT2D eigenvalue weighted by atomic mass is 10.2. The molecule has 0 saturated heterocycles. The number of nitrogens with zero attached hydrogens (tertiary/aromatic N) is 1. The highest BCUT2D eigenvalue weighted by Gasteiger charge is 2.02. The molecule has 18 heavy (non-hydrogen) atoms. The van der Waals surface area contributed by atoms with E-state index in [9.17, 15) is 9.59 Å². The molecule has 0 aromatic carbocycles. The molecule has 0 bridgehead atoms. The number of hydrogen-bond acceptors (Lipinski definition) is 4. The fraction of sp³-hybridized carbons (Fsp3) is 0.615. The molecule has 0 fully saturated rings. The van der Waals surface area contributed by atoms with Crippen LogP contribution in [0.5, 0.6) is 0 Å². The standard InChI is InChI=1S/C13H17NO4/c14-10-6-2-1-3-7-11-18-13(17)9-5-4-8-12(15)16/h1-2,4-6,8-9,11H2,(H,15,16). The Balaban J connectivity index is 3.42. The molecular formula is C13H17NO4. The zero-order chi connectivity index (χ0) is 13.6. The van der Waals surface area contributed by atoms with Gasteiger partial charge in [-0.1, -0.05) is 11.8 Å². The van der Waals surface area contributed by atoms with E-state index in [1.54, 1.807) is 0 Å². The summed E-state index contributed by atoms with van der Waals surface area (Å²) in [4.78, 5) is 21.4. The first-order valence-corrected chi connectivity index (χ1v) is 5.87. The van der Waals surface area contributed by atoms with Gasteiger partial charge < -0.3 is 9.84 Å². The molecule has 0 radical (unpaired) electrons. The van der Waals surface area contributed by atoms with Gasteiger partial charge in [0.05, 0.1) is 6.07 Å². The fourth-order valence-corrected chi connectivity index (χ4v) is 1.13. The van der Waals surface area contributed by atoms with E-state index in [2.05, 4.69) is 11.8 Å². The van der Waals surface area contributed by atoms with Gasteiger partial charge in [-0.05, 0) is 19.3 Å². The molecule has 0 amide bonds. The number of unbranched alkanes of at least 4 members (excludes halogenated alkanes) is 3. The molecule has 5 nitrogen and oxygen atoms in total. The highest BCUT2D eigenvalue weighted by atomic mass is 16.5. The summed E-state index contributed by atoms with van der Waals surface area (Å²) in [7, 11) is 0. The van der Waals surface area contributed by atoms with Gasteiger partial charge in [-0.2, -0.15) is 5.26 Å². The number of carbonyl (C=O) groups is 2. The minimum absolute atomic E-state index is 0.0598. The van der Waals surface area contributed by atoms with E-state index in [4.69, 9.17) is 15.1 Å². The number of aliphatic carboxylic acids is 1. The average molecular weight is 251 g/mol. The number of nitriles is 1. The highest BCUT2D eigenvalue weighted by Crippen LogP contribution is 2.01. The van der Waals surface area contributed by atoms with Gasteiger partial charge >= 0.3 is 11.9 Å². The minimum atomic E-state index is -0.855. The van der Waals surface area contributed by atoms with E-state index in [1.807, 2.05) is 6.07 Å². The van der Waals surface area contributed by atoms with Crippen LogP contribution in [0.15, 0.2) is 0 Å². The lowest BCUT2D eigenvalue weighted by Gasteiger charge is -1.99. The second-order valence-electron chi connectivity index (χ2n) is 3.63. The van der Waals surface area contributed by atoms with Crippen molar-refractivity contribution in [1.29, 1.82) is 5.26 Å². The van der Waals surface area contributed by atoms with Crippen LogP contribution in [-0.2, 0) is 14.3 Å². The number of rotatable bonds is 8. The SMILES string of the molecule is N#CCCCC#CCOC(=O)CCCCC(=O)O. The van der Waals surface area contributed by atoms with Gasteiger partial charge in [-0.3, -0.25) is 9.59 Å². The second-order valence-corrected chi connectivity index (χ2v) is 3.63. The zero-order valence-electron chi connectivity index (χ0n) is 10.3. The molecule has 0 aromatic rings. The summed E-state index contributed by atoms with van der Waals surface area (Å²) in [6.07, 6.45) is 3.13. The molecule has 0 atom stereocenters. The molecule has 0 rings (SSSR count). The van der Waals surface area contributed by atoms with E-state index in [0.717, 1.165) is 6.42 Å². The van der Waals surface area contributed by atoms with Gasteiger partial charge in [0.15, 0.2) is 6.61 Å². The van der Waals surface area contributed by atoms with E-state index in [-0.39, 0.29) is 25.4 Å². The first kappa shape index (κ1) is 16.0. The van der Waals surface area contributed by atoms with Crippen molar-refractivity contribution >= 4 is 11.9 Å². The van der Waals surface area contributed by atoms with Gasteiger partial charge in [0, 0.05) is 25.7 Å². The van der Waals surface area contributed by atoms with Gasteiger partial charge in [-0.25, -0.2) is 0 Å². The Morgan fingerprint density at radius 1 is 1.06 bits per heavy atom. The highest BCUT2D eigenvalue weighted by molar-refractivity contribution is 5.70. The summed E-state index contributed by atoms with van der Waals surface area (Å²) in [6, 6.07) is 2.02. The van der Waals surface area contributed by atoms with E-state index < -0.39 is 5.97 Å². The van der Waals surface area contributed by atoms with Crippen LogP contribution in [0.2, 0.25) is 0 Å². The Hall–Kier alpha value is -2.01. The Morgan fingerprint density at radius 3 is 2.44 bits per heavy atom. The summed E-state index contributed by atoms with van der Waals surface area (Å²) in [6.45, 7) is 0.0598. The van der Waals surface area contributed by atoms with Gasteiger partial charge in [-0.15, -0.1) is 0 Å². The van der Waals surface area contributed by atoms with Crippen molar-refractivity contribution in [3.05, 3.63) is 0 Å².